The predicted octanol–water partition coefficient (Wildman–Crippen LogP) is 2.53. The van der Waals surface area contributed by atoms with Crippen molar-refractivity contribution in [2.45, 2.75) is 51.2 Å². The number of amides is 2. The molecule has 1 saturated carbocycles. The van der Waals surface area contributed by atoms with Gasteiger partial charge in [-0.1, -0.05) is 43.5 Å². The van der Waals surface area contributed by atoms with E-state index in [9.17, 15) is 4.79 Å². The molecule has 0 spiro atoms. The Bertz CT molecular complexity index is 510. The van der Waals surface area contributed by atoms with E-state index in [1.54, 1.807) is 0 Å². The van der Waals surface area contributed by atoms with Gasteiger partial charge in [0.05, 0.1) is 6.61 Å². The van der Waals surface area contributed by atoms with Crippen LogP contribution in [0.15, 0.2) is 24.3 Å². The SMILES string of the molecule is CN(C)C(CNC(=O)NCCc1ccc(CO)cc1)C1CCCCC1. The molecular weight excluding hydrogens is 314 g/mol. The van der Waals surface area contributed by atoms with Crippen LogP contribution in [0.25, 0.3) is 0 Å². The summed E-state index contributed by atoms with van der Waals surface area (Å²) in [4.78, 5) is 14.3. The summed E-state index contributed by atoms with van der Waals surface area (Å²) in [5.74, 6) is 0.689. The van der Waals surface area contributed by atoms with Crippen molar-refractivity contribution >= 4 is 6.03 Å². The van der Waals surface area contributed by atoms with Crippen molar-refractivity contribution in [2.75, 3.05) is 27.2 Å². The molecule has 1 aromatic rings. The van der Waals surface area contributed by atoms with Gasteiger partial charge in [-0.15, -0.1) is 0 Å². The fraction of sp³-hybridized carbons (Fsp3) is 0.650. The standard InChI is InChI=1S/C20H33N3O2/c1-23(2)19(18-6-4-3-5-7-18)14-22-20(25)21-13-12-16-8-10-17(15-24)11-9-16/h8-11,18-19,24H,3-7,12-15H2,1-2H3,(H2,21,22,25). The monoisotopic (exact) mass is 347 g/mol. The summed E-state index contributed by atoms with van der Waals surface area (Å²) < 4.78 is 0. The van der Waals surface area contributed by atoms with Crippen molar-refractivity contribution in [3.05, 3.63) is 35.4 Å². The van der Waals surface area contributed by atoms with E-state index in [2.05, 4.69) is 29.6 Å². The number of aliphatic hydroxyl groups excluding tert-OH is 1. The van der Waals surface area contributed by atoms with E-state index in [4.69, 9.17) is 5.11 Å². The van der Waals surface area contributed by atoms with Crippen LogP contribution < -0.4 is 10.6 Å². The molecule has 1 aliphatic carbocycles. The van der Waals surface area contributed by atoms with Crippen LogP contribution in [0.3, 0.4) is 0 Å². The largest absolute Gasteiger partial charge is 0.392 e. The first-order valence-corrected chi connectivity index (χ1v) is 9.47. The van der Waals surface area contributed by atoms with Crippen molar-refractivity contribution < 1.29 is 9.90 Å². The minimum atomic E-state index is -0.0883. The predicted molar refractivity (Wildman–Crippen MR) is 102 cm³/mol. The number of nitrogens with zero attached hydrogens (tertiary/aromatic N) is 1. The molecule has 1 fully saturated rings. The third kappa shape index (κ3) is 6.67. The van der Waals surface area contributed by atoms with Crippen LogP contribution in [0.4, 0.5) is 4.79 Å². The molecule has 2 amide bonds. The Balaban J connectivity index is 1.69. The van der Waals surface area contributed by atoms with E-state index < -0.39 is 0 Å². The van der Waals surface area contributed by atoms with Gasteiger partial charge in [-0.05, 0) is 50.4 Å². The second-order valence-electron chi connectivity index (χ2n) is 7.29. The minimum Gasteiger partial charge on any atom is -0.392 e. The summed E-state index contributed by atoms with van der Waals surface area (Å²) in [7, 11) is 4.21. The lowest BCUT2D eigenvalue weighted by Gasteiger charge is -2.34. The zero-order valence-electron chi connectivity index (χ0n) is 15.6. The van der Waals surface area contributed by atoms with E-state index in [0.717, 1.165) is 17.5 Å². The highest BCUT2D eigenvalue weighted by Crippen LogP contribution is 2.27. The molecular formula is C20H33N3O2. The van der Waals surface area contributed by atoms with Crippen LogP contribution in [0.2, 0.25) is 0 Å². The van der Waals surface area contributed by atoms with Gasteiger partial charge in [-0.25, -0.2) is 4.79 Å². The molecule has 1 atom stereocenters. The van der Waals surface area contributed by atoms with Crippen LogP contribution in [0.1, 0.15) is 43.2 Å². The maximum absolute atomic E-state index is 12.1. The molecule has 0 aliphatic heterocycles. The van der Waals surface area contributed by atoms with E-state index in [1.165, 1.54) is 32.1 Å². The Labute approximate surface area is 151 Å². The van der Waals surface area contributed by atoms with Gasteiger partial charge in [0.25, 0.3) is 0 Å². The van der Waals surface area contributed by atoms with Crippen molar-refractivity contribution in [1.82, 2.24) is 15.5 Å². The third-order valence-corrected chi connectivity index (χ3v) is 5.23. The number of carbonyl (C=O) groups excluding carboxylic acids is 1. The smallest absolute Gasteiger partial charge is 0.314 e. The van der Waals surface area contributed by atoms with Gasteiger partial charge in [0.15, 0.2) is 0 Å². The molecule has 5 nitrogen and oxygen atoms in total. The highest BCUT2D eigenvalue weighted by molar-refractivity contribution is 5.73. The molecule has 1 aromatic carbocycles. The summed E-state index contributed by atoms with van der Waals surface area (Å²) in [6.07, 6.45) is 7.32. The molecule has 0 radical (unpaired) electrons. The maximum atomic E-state index is 12.1. The fourth-order valence-corrected chi connectivity index (χ4v) is 3.68. The Morgan fingerprint density at radius 3 is 2.36 bits per heavy atom. The number of rotatable bonds is 8. The minimum absolute atomic E-state index is 0.0645. The molecule has 5 heteroatoms. The molecule has 140 valence electrons. The van der Waals surface area contributed by atoms with Crippen LogP contribution >= 0.6 is 0 Å². The van der Waals surface area contributed by atoms with Crippen molar-refractivity contribution in [1.29, 1.82) is 0 Å². The lowest BCUT2D eigenvalue weighted by molar-refractivity contribution is 0.166. The van der Waals surface area contributed by atoms with Crippen molar-refractivity contribution in [3.63, 3.8) is 0 Å². The first kappa shape index (κ1) is 19.7. The lowest BCUT2D eigenvalue weighted by Crippen LogP contribution is -2.48. The molecule has 1 aliphatic rings. The molecule has 3 N–H and O–H groups in total. The van der Waals surface area contributed by atoms with Gasteiger partial charge in [0.2, 0.25) is 0 Å². The number of aliphatic hydroxyl groups is 1. The van der Waals surface area contributed by atoms with Crippen LogP contribution in [0.5, 0.6) is 0 Å². The van der Waals surface area contributed by atoms with E-state index in [-0.39, 0.29) is 12.6 Å². The number of benzene rings is 1. The molecule has 0 bridgehead atoms. The van der Waals surface area contributed by atoms with Gasteiger partial charge in [-0.2, -0.15) is 0 Å². The molecule has 25 heavy (non-hydrogen) atoms. The zero-order chi connectivity index (χ0) is 18.1. The molecule has 0 aromatic heterocycles. The van der Waals surface area contributed by atoms with Crippen molar-refractivity contribution in [2.24, 2.45) is 5.92 Å². The number of urea groups is 1. The zero-order valence-corrected chi connectivity index (χ0v) is 15.6. The first-order chi connectivity index (χ1) is 12.1. The lowest BCUT2D eigenvalue weighted by atomic mass is 9.83. The normalized spacial score (nSPS) is 16.6. The molecule has 2 rings (SSSR count). The van der Waals surface area contributed by atoms with E-state index >= 15 is 0 Å². The van der Waals surface area contributed by atoms with Crippen LogP contribution in [-0.4, -0.2) is 49.3 Å². The van der Waals surface area contributed by atoms with E-state index in [0.29, 0.717) is 25.0 Å². The summed E-state index contributed by atoms with van der Waals surface area (Å²) >= 11 is 0. The fourth-order valence-electron chi connectivity index (χ4n) is 3.68. The second kappa shape index (κ2) is 10.4. The number of likely N-dealkylation sites (N-methyl/N-ethyl adjacent to an activating group) is 1. The summed E-state index contributed by atoms with van der Waals surface area (Å²) in [6.45, 7) is 1.38. The quantitative estimate of drug-likeness (QED) is 0.677. The number of carbonyl (C=O) groups is 1. The number of hydrogen-bond donors (Lipinski definition) is 3. The van der Waals surface area contributed by atoms with Gasteiger partial charge >= 0.3 is 6.03 Å². The number of hydrogen-bond acceptors (Lipinski definition) is 3. The second-order valence-corrected chi connectivity index (χ2v) is 7.29. The molecule has 1 unspecified atom stereocenters. The Morgan fingerprint density at radius 1 is 1.12 bits per heavy atom. The van der Waals surface area contributed by atoms with E-state index in [1.807, 2.05) is 24.3 Å². The van der Waals surface area contributed by atoms with Gasteiger partial charge in [0.1, 0.15) is 0 Å². The van der Waals surface area contributed by atoms with Crippen LogP contribution in [0, 0.1) is 5.92 Å². The first-order valence-electron chi connectivity index (χ1n) is 9.47. The Kier molecular flexibility index (Phi) is 8.22. The molecule has 0 heterocycles. The topological polar surface area (TPSA) is 64.6 Å². The number of nitrogens with one attached hydrogen (secondary N) is 2. The van der Waals surface area contributed by atoms with Gasteiger partial charge < -0.3 is 20.6 Å². The Morgan fingerprint density at radius 2 is 1.76 bits per heavy atom. The maximum Gasteiger partial charge on any atom is 0.314 e. The summed E-state index contributed by atoms with van der Waals surface area (Å²) in [5.41, 5.74) is 2.07. The Hall–Kier alpha value is -1.59. The van der Waals surface area contributed by atoms with Crippen LogP contribution in [-0.2, 0) is 13.0 Å². The van der Waals surface area contributed by atoms with Gasteiger partial charge in [0, 0.05) is 19.1 Å². The summed E-state index contributed by atoms with van der Waals surface area (Å²) in [5, 5.41) is 15.0. The summed E-state index contributed by atoms with van der Waals surface area (Å²) in [6, 6.07) is 8.15. The highest BCUT2D eigenvalue weighted by Gasteiger charge is 2.25. The highest BCUT2D eigenvalue weighted by atomic mass is 16.3. The average Bonchev–Trinajstić information content (AvgIpc) is 2.63. The third-order valence-electron chi connectivity index (χ3n) is 5.23. The van der Waals surface area contributed by atoms with Crippen molar-refractivity contribution in [3.8, 4) is 0 Å². The molecule has 0 saturated heterocycles. The van der Waals surface area contributed by atoms with Gasteiger partial charge in [-0.3, -0.25) is 0 Å². The average molecular weight is 348 g/mol.